The molecule has 0 heterocycles. The predicted octanol–water partition coefficient (Wildman–Crippen LogP) is 12.9. The number of fused-ring (bicyclic) bond motifs is 6. The van der Waals surface area contributed by atoms with Crippen molar-refractivity contribution in [2.45, 2.75) is 118 Å². The fourth-order valence-electron chi connectivity index (χ4n) is 9.17. The molecule has 14 heteroatoms. The minimum Gasteiger partial charge on any atom is -0.466 e. The van der Waals surface area contributed by atoms with Crippen molar-refractivity contribution in [1.82, 2.24) is 0 Å². The number of benzene rings is 5. The van der Waals surface area contributed by atoms with E-state index in [9.17, 15) is 28.8 Å². The predicted molar refractivity (Wildman–Crippen MR) is 324 cm³/mol. The first-order chi connectivity index (χ1) is 36.2. The van der Waals surface area contributed by atoms with Crippen molar-refractivity contribution < 1.29 is 43.0 Å². The standard InChI is InChI=1S/2C21H23BrO3Si.C21H22O3Si/c1-13(23)25-11-7-8-14-12-17(22)18-15-9-5-6-10-16(15)20(24)19(18)21(14)26(2,3)4;1-13(23)25-11-7-10-16-18(22)12-17-14-8-5-6-9-15(14)20(24)19(17)21(16)26(2,3)4;1-18(22)24-16-11-7-5-6-8-12-19-13-9-10-14-20(19)21(23)15-17-25(2,3)4/h5-6,9-10,12H,7-8,11H2,1-4H3;5-6,8-9,12H,7,10-11H2,1-4H3;9-10,13-14H,7,11,16H2,1-4H3. The summed E-state index contributed by atoms with van der Waals surface area (Å²) in [5.41, 5.74) is 14.1. The van der Waals surface area contributed by atoms with Gasteiger partial charge in [0.25, 0.3) is 0 Å². The number of hydrogen-bond acceptors (Lipinski definition) is 9. The molecule has 7 rings (SSSR count). The lowest BCUT2D eigenvalue weighted by Crippen LogP contribution is -2.44. The zero-order chi connectivity index (χ0) is 56.8. The summed E-state index contributed by atoms with van der Waals surface area (Å²) in [5.74, 6) is 13.3. The Kier molecular flexibility index (Phi) is 22.0. The Hall–Kier alpha value is -6.19. The van der Waals surface area contributed by atoms with Gasteiger partial charge in [0.15, 0.2) is 11.6 Å². The monoisotopic (exact) mass is 1210 g/mol. The van der Waals surface area contributed by atoms with Crippen LogP contribution in [0.2, 0.25) is 58.9 Å². The summed E-state index contributed by atoms with van der Waals surface area (Å²) < 4.78 is 17.0. The maximum Gasteiger partial charge on any atom is 0.302 e. The smallest absolute Gasteiger partial charge is 0.302 e. The maximum atomic E-state index is 13.2. The quantitative estimate of drug-likeness (QED) is 0.0261. The van der Waals surface area contributed by atoms with Crippen molar-refractivity contribution in [2.75, 3.05) is 19.8 Å². The molecule has 0 spiro atoms. The molecule has 0 unspecified atom stereocenters. The fourth-order valence-corrected chi connectivity index (χ4v) is 15.5. The SMILES string of the molecule is CC(=O)OCCCC#CC#Cc1ccccc1C(=O)C#C[Si](C)(C)C.CC(=O)OCCCc1c(Br)cc2c(c1[Si](C)(C)C)C(=O)c1ccccc1-2.CC(=O)OCCCc1cc(Br)c2c(c1[Si](C)(C)C)C(=O)c1ccccc1-2. The van der Waals surface area contributed by atoms with Crippen LogP contribution in [0.15, 0.2) is 93.9 Å². The average Bonchev–Trinajstić information content (AvgIpc) is 3.80. The number of aryl methyl sites for hydroxylation is 1. The van der Waals surface area contributed by atoms with Crippen molar-refractivity contribution in [3.63, 3.8) is 0 Å². The van der Waals surface area contributed by atoms with Crippen LogP contribution < -0.4 is 10.4 Å². The van der Waals surface area contributed by atoms with Gasteiger partial charge in [0, 0.05) is 75.1 Å². The molecule has 0 N–H and O–H groups in total. The van der Waals surface area contributed by atoms with Crippen LogP contribution in [0.25, 0.3) is 22.3 Å². The van der Waals surface area contributed by atoms with E-state index in [-0.39, 0.29) is 35.3 Å². The first-order valence-electron chi connectivity index (χ1n) is 25.8. The van der Waals surface area contributed by atoms with Gasteiger partial charge in [-0.3, -0.25) is 28.8 Å². The molecule has 9 nitrogen and oxygen atoms in total. The second-order valence-electron chi connectivity index (χ2n) is 21.8. The van der Waals surface area contributed by atoms with Crippen LogP contribution in [0, 0.1) is 35.1 Å². The number of rotatable bonds is 14. The van der Waals surface area contributed by atoms with Crippen LogP contribution in [-0.2, 0) is 41.4 Å². The molecule has 0 aliphatic heterocycles. The van der Waals surface area contributed by atoms with Crippen LogP contribution >= 0.6 is 31.9 Å². The lowest BCUT2D eigenvalue weighted by Gasteiger charge is -2.26. The van der Waals surface area contributed by atoms with Gasteiger partial charge in [-0.25, -0.2) is 0 Å². The molecule has 0 bridgehead atoms. The van der Waals surface area contributed by atoms with Crippen LogP contribution in [0.4, 0.5) is 0 Å². The molecule has 2 aliphatic carbocycles. The van der Waals surface area contributed by atoms with E-state index in [4.69, 9.17) is 14.2 Å². The van der Waals surface area contributed by atoms with E-state index in [1.54, 1.807) is 18.2 Å². The van der Waals surface area contributed by atoms with Gasteiger partial charge in [0.05, 0.1) is 36.0 Å². The molecule has 0 amide bonds. The van der Waals surface area contributed by atoms with E-state index in [2.05, 4.69) is 138 Å². The summed E-state index contributed by atoms with van der Waals surface area (Å²) in [7, 11) is -5.15. The zero-order valence-electron chi connectivity index (χ0n) is 46.4. The van der Waals surface area contributed by atoms with Gasteiger partial charge in [-0.1, -0.05) is 163 Å². The highest BCUT2D eigenvalue weighted by atomic mass is 79.9. The maximum absolute atomic E-state index is 13.2. The summed E-state index contributed by atoms with van der Waals surface area (Å²) in [5, 5.41) is 2.46. The number of esters is 3. The molecule has 2 aliphatic rings. The summed E-state index contributed by atoms with van der Waals surface area (Å²) in [4.78, 5) is 71.3. The molecule has 0 atom stereocenters. The largest absolute Gasteiger partial charge is 0.466 e. The number of Topliss-reactive ketones (excluding diaryl/α,β-unsaturated/α-hetero) is 1. The Morgan fingerprint density at radius 2 is 1.04 bits per heavy atom. The third-order valence-electron chi connectivity index (χ3n) is 12.2. The molecule has 5 aromatic carbocycles. The van der Waals surface area contributed by atoms with Gasteiger partial charge < -0.3 is 14.2 Å². The molecule has 0 saturated heterocycles. The van der Waals surface area contributed by atoms with Gasteiger partial charge in [0.1, 0.15) is 8.07 Å². The number of carbonyl (C=O) groups excluding carboxylic acids is 6. The number of carbonyl (C=O) groups is 6. The molecule has 0 aromatic heterocycles. The van der Waals surface area contributed by atoms with Gasteiger partial charge in [0.2, 0.25) is 5.78 Å². The third kappa shape index (κ3) is 16.9. The van der Waals surface area contributed by atoms with Gasteiger partial charge >= 0.3 is 17.9 Å². The Morgan fingerprint density at radius 1 is 0.532 bits per heavy atom. The Balaban J connectivity index is 0.000000213. The summed E-state index contributed by atoms with van der Waals surface area (Å²) in [6.45, 7) is 25.4. The molecule has 77 heavy (non-hydrogen) atoms. The lowest BCUT2D eigenvalue weighted by molar-refractivity contribution is -0.142. The highest BCUT2D eigenvalue weighted by molar-refractivity contribution is 9.11. The number of halogens is 2. The topological polar surface area (TPSA) is 130 Å². The highest BCUT2D eigenvalue weighted by Gasteiger charge is 2.38. The summed E-state index contributed by atoms with van der Waals surface area (Å²) in [6, 6.07) is 27.1. The summed E-state index contributed by atoms with van der Waals surface area (Å²) in [6.07, 6.45) is 4.35. The van der Waals surface area contributed by atoms with Crippen molar-refractivity contribution in [3.05, 3.63) is 138 Å². The second-order valence-corrected chi connectivity index (χ2v) is 38.2. The normalized spacial score (nSPS) is 11.7. The number of hydrogen-bond donors (Lipinski definition) is 0. The van der Waals surface area contributed by atoms with E-state index in [0.717, 1.165) is 79.1 Å². The minimum atomic E-state index is -1.79. The lowest BCUT2D eigenvalue weighted by atomic mass is 10.0. The molecule has 0 fully saturated rings. The van der Waals surface area contributed by atoms with E-state index < -0.39 is 24.2 Å². The second kappa shape index (κ2) is 27.4. The van der Waals surface area contributed by atoms with Crippen molar-refractivity contribution in [3.8, 4) is 57.4 Å². The first kappa shape index (κ1) is 61.7. The fraction of sp³-hybridized carbons (Fsp3) is 0.333. The van der Waals surface area contributed by atoms with Crippen molar-refractivity contribution in [2.24, 2.45) is 0 Å². The van der Waals surface area contributed by atoms with E-state index in [1.165, 1.54) is 42.3 Å². The Labute approximate surface area is 475 Å². The molecule has 400 valence electrons. The highest BCUT2D eigenvalue weighted by Crippen LogP contribution is 2.43. The number of ether oxygens (including phenoxy) is 3. The number of ketones is 3. The Bertz CT molecular complexity index is 3300. The van der Waals surface area contributed by atoms with Crippen LogP contribution in [0.3, 0.4) is 0 Å². The molecule has 0 saturated carbocycles. The van der Waals surface area contributed by atoms with E-state index >= 15 is 0 Å². The first-order valence-corrected chi connectivity index (χ1v) is 37.9. The van der Waals surface area contributed by atoms with Gasteiger partial charge in [-0.2, -0.15) is 0 Å². The van der Waals surface area contributed by atoms with Crippen LogP contribution in [0.5, 0.6) is 0 Å². The average molecular weight is 1210 g/mol. The van der Waals surface area contributed by atoms with E-state index in [1.807, 2.05) is 54.6 Å². The zero-order valence-corrected chi connectivity index (χ0v) is 52.5. The van der Waals surface area contributed by atoms with Crippen molar-refractivity contribution in [1.29, 1.82) is 0 Å². The third-order valence-corrected chi connectivity index (χ3v) is 18.5. The van der Waals surface area contributed by atoms with Crippen molar-refractivity contribution >= 4 is 102 Å². The molecule has 0 radical (unpaired) electrons. The van der Waals surface area contributed by atoms with Crippen LogP contribution in [-0.4, -0.2) is 79.3 Å². The molecular weight excluding hydrogens is 1140 g/mol. The minimum absolute atomic E-state index is 0.135. The molecule has 5 aromatic rings. The van der Waals surface area contributed by atoms with Gasteiger partial charge in [-0.05, 0) is 112 Å². The number of unbranched alkanes of at least 4 members (excludes halogenated alkanes) is 1. The van der Waals surface area contributed by atoms with Crippen LogP contribution in [0.1, 0.15) is 105 Å². The van der Waals surface area contributed by atoms with E-state index in [0.29, 0.717) is 43.8 Å². The Morgan fingerprint density at radius 3 is 1.61 bits per heavy atom. The van der Waals surface area contributed by atoms with Gasteiger partial charge in [-0.15, -0.1) is 5.54 Å². The molecular formula is C63H68Br2O9Si3. The summed E-state index contributed by atoms with van der Waals surface area (Å²) >= 11 is 7.46.